The van der Waals surface area contributed by atoms with E-state index in [2.05, 4.69) is 15.3 Å². The standard InChI is InChI=1S/C16H14Cl2N4O3/c1-22-9-10(8-19-22)13-7-14(21-20-13)16(23)25-6-5-24-15-11(17)3-2-4-12(15)18/h2-4,7-9H,5-6H2,1H3,(H,20,21). The van der Waals surface area contributed by atoms with E-state index in [1.165, 1.54) is 0 Å². The molecule has 0 radical (unpaired) electrons. The van der Waals surface area contributed by atoms with Gasteiger partial charge in [-0.2, -0.15) is 10.2 Å². The lowest BCUT2D eigenvalue weighted by molar-refractivity contribution is 0.0444. The number of nitrogens with one attached hydrogen (secondary N) is 1. The van der Waals surface area contributed by atoms with E-state index in [9.17, 15) is 4.79 Å². The van der Waals surface area contributed by atoms with Crippen LogP contribution in [0.1, 0.15) is 10.5 Å². The number of benzene rings is 1. The summed E-state index contributed by atoms with van der Waals surface area (Å²) in [6.45, 7) is 0.167. The van der Waals surface area contributed by atoms with Gasteiger partial charge in [0.05, 0.1) is 21.9 Å². The van der Waals surface area contributed by atoms with Gasteiger partial charge in [0.1, 0.15) is 18.9 Å². The molecule has 130 valence electrons. The number of aryl methyl sites for hydroxylation is 1. The Morgan fingerprint density at radius 2 is 2.04 bits per heavy atom. The van der Waals surface area contributed by atoms with Gasteiger partial charge >= 0.3 is 5.97 Å². The number of aromatic nitrogens is 4. The molecule has 3 aromatic rings. The van der Waals surface area contributed by atoms with Gasteiger partial charge in [-0.3, -0.25) is 9.78 Å². The summed E-state index contributed by atoms with van der Waals surface area (Å²) in [7, 11) is 1.80. The van der Waals surface area contributed by atoms with E-state index in [0.29, 0.717) is 21.5 Å². The van der Waals surface area contributed by atoms with E-state index in [1.807, 2.05) is 0 Å². The van der Waals surface area contributed by atoms with Crippen LogP contribution in [0.4, 0.5) is 0 Å². The first-order valence-electron chi connectivity index (χ1n) is 7.33. The van der Waals surface area contributed by atoms with Crippen LogP contribution < -0.4 is 4.74 Å². The fraction of sp³-hybridized carbons (Fsp3) is 0.188. The molecule has 0 atom stereocenters. The topological polar surface area (TPSA) is 82.0 Å². The van der Waals surface area contributed by atoms with Crippen molar-refractivity contribution < 1.29 is 14.3 Å². The Bertz CT molecular complexity index is 871. The van der Waals surface area contributed by atoms with Crippen LogP contribution in [0.25, 0.3) is 11.3 Å². The number of esters is 1. The Morgan fingerprint density at radius 1 is 1.28 bits per heavy atom. The van der Waals surface area contributed by atoms with Gasteiger partial charge in [0.15, 0.2) is 5.75 Å². The van der Waals surface area contributed by atoms with Crippen LogP contribution in [0.3, 0.4) is 0 Å². The van der Waals surface area contributed by atoms with Crippen molar-refractivity contribution in [3.63, 3.8) is 0 Å². The van der Waals surface area contributed by atoms with Gasteiger partial charge in [-0.15, -0.1) is 0 Å². The van der Waals surface area contributed by atoms with Crippen molar-refractivity contribution in [3.8, 4) is 17.0 Å². The molecule has 25 heavy (non-hydrogen) atoms. The van der Waals surface area contributed by atoms with E-state index in [1.54, 1.807) is 48.4 Å². The second-order valence-electron chi connectivity index (χ2n) is 5.10. The van der Waals surface area contributed by atoms with Gasteiger partial charge in [-0.25, -0.2) is 4.79 Å². The molecule has 0 aliphatic heterocycles. The van der Waals surface area contributed by atoms with Crippen molar-refractivity contribution in [2.75, 3.05) is 13.2 Å². The van der Waals surface area contributed by atoms with Gasteiger partial charge in [-0.05, 0) is 18.2 Å². The maximum atomic E-state index is 12.0. The maximum absolute atomic E-state index is 12.0. The number of hydrogen-bond acceptors (Lipinski definition) is 5. The van der Waals surface area contributed by atoms with Gasteiger partial charge in [0.25, 0.3) is 0 Å². The average Bonchev–Trinajstić information content (AvgIpc) is 3.22. The zero-order valence-electron chi connectivity index (χ0n) is 13.2. The van der Waals surface area contributed by atoms with Gasteiger partial charge in [0, 0.05) is 18.8 Å². The van der Waals surface area contributed by atoms with E-state index >= 15 is 0 Å². The summed E-state index contributed by atoms with van der Waals surface area (Å²) in [6.07, 6.45) is 3.46. The van der Waals surface area contributed by atoms with E-state index in [-0.39, 0.29) is 18.9 Å². The number of rotatable bonds is 6. The molecule has 7 nitrogen and oxygen atoms in total. The van der Waals surface area contributed by atoms with Crippen LogP contribution in [0.15, 0.2) is 36.7 Å². The number of para-hydroxylation sites is 1. The lowest BCUT2D eigenvalue weighted by Gasteiger charge is -2.09. The molecule has 9 heteroatoms. The lowest BCUT2D eigenvalue weighted by Crippen LogP contribution is -2.13. The summed E-state index contributed by atoms with van der Waals surface area (Å²) >= 11 is 12.0. The number of ether oxygens (including phenoxy) is 2. The summed E-state index contributed by atoms with van der Waals surface area (Å²) in [4.78, 5) is 12.0. The highest BCUT2D eigenvalue weighted by atomic mass is 35.5. The predicted molar refractivity (Wildman–Crippen MR) is 93.0 cm³/mol. The van der Waals surface area contributed by atoms with Crippen molar-refractivity contribution in [1.29, 1.82) is 0 Å². The fourth-order valence-electron chi connectivity index (χ4n) is 2.10. The molecule has 0 saturated heterocycles. The number of halogens is 2. The SMILES string of the molecule is Cn1cc(-c2cc(C(=O)OCCOc3c(Cl)cccc3Cl)[nH]n2)cn1. The highest BCUT2D eigenvalue weighted by molar-refractivity contribution is 6.37. The van der Waals surface area contributed by atoms with E-state index in [4.69, 9.17) is 32.7 Å². The van der Waals surface area contributed by atoms with Gasteiger partial charge < -0.3 is 9.47 Å². The number of carbonyl (C=O) groups excluding carboxylic acids is 1. The molecule has 0 amide bonds. The molecule has 1 aromatic carbocycles. The number of nitrogens with zero attached hydrogens (tertiary/aromatic N) is 3. The zero-order valence-corrected chi connectivity index (χ0v) is 14.7. The van der Waals surface area contributed by atoms with Crippen LogP contribution >= 0.6 is 23.2 Å². The fourth-order valence-corrected chi connectivity index (χ4v) is 2.61. The van der Waals surface area contributed by atoms with Crippen molar-refractivity contribution >= 4 is 29.2 Å². The summed E-state index contributed by atoms with van der Waals surface area (Å²) in [5.41, 5.74) is 1.66. The minimum Gasteiger partial charge on any atom is -0.487 e. The second kappa shape index (κ2) is 7.58. The van der Waals surface area contributed by atoms with Crippen LogP contribution in [0, 0.1) is 0 Å². The van der Waals surface area contributed by atoms with E-state index in [0.717, 1.165) is 5.56 Å². The predicted octanol–water partition coefficient (Wildman–Crippen LogP) is 3.35. The van der Waals surface area contributed by atoms with Gasteiger partial charge in [-0.1, -0.05) is 29.3 Å². The monoisotopic (exact) mass is 380 g/mol. The summed E-state index contributed by atoms with van der Waals surface area (Å²) in [6, 6.07) is 6.65. The smallest absolute Gasteiger partial charge is 0.356 e. The molecule has 0 fully saturated rings. The maximum Gasteiger partial charge on any atom is 0.356 e. The normalized spacial score (nSPS) is 10.7. The summed E-state index contributed by atoms with van der Waals surface area (Å²) in [5, 5.41) is 11.6. The second-order valence-corrected chi connectivity index (χ2v) is 5.92. The third kappa shape index (κ3) is 4.12. The first-order valence-corrected chi connectivity index (χ1v) is 8.08. The Morgan fingerprint density at radius 3 is 2.72 bits per heavy atom. The molecule has 2 heterocycles. The molecule has 0 spiro atoms. The first kappa shape index (κ1) is 17.3. The molecular formula is C16H14Cl2N4O3. The van der Waals surface area contributed by atoms with Crippen LogP contribution in [0.2, 0.25) is 10.0 Å². The van der Waals surface area contributed by atoms with Crippen LogP contribution in [-0.2, 0) is 11.8 Å². The Hall–Kier alpha value is -2.51. The molecule has 0 bridgehead atoms. The third-order valence-corrected chi connectivity index (χ3v) is 3.88. The third-order valence-electron chi connectivity index (χ3n) is 3.28. The lowest BCUT2D eigenvalue weighted by atomic mass is 10.2. The van der Waals surface area contributed by atoms with Crippen LogP contribution in [-0.4, -0.2) is 39.2 Å². The molecule has 0 aliphatic rings. The molecule has 0 aliphatic carbocycles. The molecule has 3 rings (SSSR count). The Balaban J connectivity index is 1.52. The first-order chi connectivity index (χ1) is 12.0. The largest absolute Gasteiger partial charge is 0.487 e. The molecule has 0 saturated carbocycles. The molecule has 0 unspecified atom stereocenters. The molecule has 2 aromatic heterocycles. The van der Waals surface area contributed by atoms with Gasteiger partial charge in [0.2, 0.25) is 0 Å². The summed E-state index contributed by atoms with van der Waals surface area (Å²) in [5.74, 6) is -0.168. The Kier molecular flexibility index (Phi) is 5.25. The zero-order chi connectivity index (χ0) is 17.8. The average molecular weight is 381 g/mol. The minimum atomic E-state index is -0.531. The number of aromatic amines is 1. The van der Waals surface area contributed by atoms with Crippen molar-refractivity contribution in [2.24, 2.45) is 7.05 Å². The van der Waals surface area contributed by atoms with E-state index < -0.39 is 5.97 Å². The van der Waals surface area contributed by atoms with Crippen molar-refractivity contribution in [3.05, 3.63) is 52.4 Å². The quantitative estimate of drug-likeness (QED) is 0.523. The van der Waals surface area contributed by atoms with Crippen molar-refractivity contribution in [2.45, 2.75) is 0 Å². The van der Waals surface area contributed by atoms with Crippen molar-refractivity contribution in [1.82, 2.24) is 20.0 Å². The molecular weight excluding hydrogens is 367 g/mol. The van der Waals surface area contributed by atoms with Crippen LogP contribution in [0.5, 0.6) is 5.75 Å². The number of hydrogen-bond donors (Lipinski definition) is 1. The molecule has 1 N–H and O–H groups in total. The summed E-state index contributed by atoms with van der Waals surface area (Å²) < 4.78 is 12.2. The number of carbonyl (C=O) groups is 1. The highest BCUT2D eigenvalue weighted by Crippen LogP contribution is 2.32. The Labute approximate surface area is 153 Å². The minimum absolute atomic E-state index is 0.0433. The number of H-pyrrole nitrogens is 1. The highest BCUT2D eigenvalue weighted by Gasteiger charge is 2.13.